The van der Waals surface area contributed by atoms with Crippen LogP contribution >= 0.6 is 0 Å². The largest absolute Gasteiger partial charge is 0.341 e. The van der Waals surface area contributed by atoms with E-state index >= 15 is 0 Å². The van der Waals surface area contributed by atoms with Gasteiger partial charge in [0.05, 0.1) is 12.5 Å². The first kappa shape index (κ1) is 17.2. The molecule has 7 heteroatoms. The van der Waals surface area contributed by atoms with Gasteiger partial charge in [-0.1, -0.05) is 12.1 Å². The number of H-pyrrole nitrogens is 1. The third kappa shape index (κ3) is 4.31. The zero-order valence-corrected chi connectivity index (χ0v) is 15.0. The maximum atomic E-state index is 12.5. The summed E-state index contributed by atoms with van der Waals surface area (Å²) in [6, 6.07) is 11.7. The SMILES string of the molecule is O=C(c1cnc[nH]1)N1CCC[C@H](Cc2cccc(Nc3ccccn3)n2)C1. The Hall–Kier alpha value is -3.22. The summed E-state index contributed by atoms with van der Waals surface area (Å²) in [7, 11) is 0. The van der Waals surface area contributed by atoms with Crippen molar-refractivity contribution < 1.29 is 4.79 Å². The molecule has 0 aromatic carbocycles. The minimum atomic E-state index is 0.0238. The average Bonchev–Trinajstić information content (AvgIpc) is 3.23. The summed E-state index contributed by atoms with van der Waals surface area (Å²) in [5, 5.41) is 3.23. The lowest BCUT2D eigenvalue weighted by molar-refractivity contribution is 0.0667. The maximum Gasteiger partial charge on any atom is 0.271 e. The normalized spacial score (nSPS) is 16.9. The molecule has 27 heavy (non-hydrogen) atoms. The van der Waals surface area contributed by atoms with Gasteiger partial charge in [-0.05, 0) is 49.4 Å². The predicted molar refractivity (Wildman–Crippen MR) is 103 cm³/mol. The van der Waals surface area contributed by atoms with Gasteiger partial charge in [0.15, 0.2) is 0 Å². The number of rotatable bonds is 5. The van der Waals surface area contributed by atoms with Crippen molar-refractivity contribution in [3.8, 4) is 0 Å². The highest BCUT2D eigenvalue weighted by Crippen LogP contribution is 2.22. The van der Waals surface area contributed by atoms with Crippen LogP contribution in [0.25, 0.3) is 0 Å². The molecular weight excluding hydrogens is 340 g/mol. The van der Waals surface area contributed by atoms with E-state index < -0.39 is 0 Å². The van der Waals surface area contributed by atoms with E-state index in [-0.39, 0.29) is 5.91 Å². The van der Waals surface area contributed by atoms with Gasteiger partial charge in [0, 0.05) is 25.0 Å². The molecule has 2 N–H and O–H groups in total. The lowest BCUT2D eigenvalue weighted by Gasteiger charge is -2.32. The fourth-order valence-electron chi connectivity index (χ4n) is 3.49. The van der Waals surface area contributed by atoms with Crippen molar-refractivity contribution in [2.45, 2.75) is 19.3 Å². The number of pyridine rings is 2. The number of aromatic nitrogens is 4. The van der Waals surface area contributed by atoms with E-state index in [1.54, 1.807) is 18.7 Å². The molecule has 0 aliphatic carbocycles. The molecule has 7 nitrogen and oxygen atoms in total. The number of nitrogens with zero attached hydrogens (tertiary/aromatic N) is 4. The van der Waals surface area contributed by atoms with Gasteiger partial charge >= 0.3 is 0 Å². The van der Waals surface area contributed by atoms with Crippen LogP contribution in [0.3, 0.4) is 0 Å². The number of nitrogens with one attached hydrogen (secondary N) is 2. The third-order valence-corrected chi connectivity index (χ3v) is 4.76. The zero-order valence-electron chi connectivity index (χ0n) is 15.0. The zero-order chi connectivity index (χ0) is 18.5. The molecule has 1 amide bonds. The molecule has 0 unspecified atom stereocenters. The molecular formula is C20H22N6O. The second-order valence-electron chi connectivity index (χ2n) is 6.78. The Morgan fingerprint density at radius 3 is 2.96 bits per heavy atom. The molecule has 138 valence electrons. The van der Waals surface area contributed by atoms with Crippen molar-refractivity contribution in [1.29, 1.82) is 0 Å². The van der Waals surface area contributed by atoms with Crippen LogP contribution in [0.15, 0.2) is 55.1 Å². The van der Waals surface area contributed by atoms with Crippen LogP contribution in [0.4, 0.5) is 11.6 Å². The van der Waals surface area contributed by atoms with Gasteiger partial charge in [-0.3, -0.25) is 4.79 Å². The first-order valence-electron chi connectivity index (χ1n) is 9.19. The lowest BCUT2D eigenvalue weighted by Crippen LogP contribution is -2.40. The van der Waals surface area contributed by atoms with Gasteiger partial charge in [0.25, 0.3) is 5.91 Å². The summed E-state index contributed by atoms with van der Waals surface area (Å²) in [5.74, 6) is 1.99. The molecule has 1 saturated heterocycles. The van der Waals surface area contributed by atoms with Crippen LogP contribution in [0.5, 0.6) is 0 Å². The van der Waals surface area contributed by atoms with Crippen LogP contribution in [0.2, 0.25) is 0 Å². The molecule has 1 aliphatic rings. The van der Waals surface area contributed by atoms with Gasteiger partial charge in [0.1, 0.15) is 17.3 Å². The Morgan fingerprint density at radius 2 is 2.15 bits per heavy atom. The monoisotopic (exact) mass is 362 g/mol. The van der Waals surface area contributed by atoms with Crippen LogP contribution in [-0.2, 0) is 6.42 Å². The van der Waals surface area contributed by atoms with E-state index in [4.69, 9.17) is 4.98 Å². The highest BCUT2D eigenvalue weighted by Gasteiger charge is 2.25. The minimum Gasteiger partial charge on any atom is -0.341 e. The molecule has 0 spiro atoms. The first-order valence-corrected chi connectivity index (χ1v) is 9.19. The van der Waals surface area contributed by atoms with Crippen molar-refractivity contribution in [3.05, 3.63) is 66.5 Å². The van der Waals surface area contributed by atoms with E-state index in [1.165, 1.54) is 0 Å². The van der Waals surface area contributed by atoms with Crippen LogP contribution in [0.1, 0.15) is 29.0 Å². The topological polar surface area (TPSA) is 86.8 Å². The van der Waals surface area contributed by atoms with Gasteiger partial charge in [0.2, 0.25) is 0 Å². The molecule has 0 bridgehead atoms. The number of likely N-dealkylation sites (tertiary alicyclic amines) is 1. The van der Waals surface area contributed by atoms with Gasteiger partial charge < -0.3 is 15.2 Å². The molecule has 1 fully saturated rings. The molecule has 0 radical (unpaired) electrons. The van der Waals surface area contributed by atoms with Gasteiger partial charge in [-0.15, -0.1) is 0 Å². The van der Waals surface area contributed by atoms with E-state index in [0.29, 0.717) is 11.6 Å². The summed E-state index contributed by atoms with van der Waals surface area (Å²) in [5.41, 5.74) is 1.58. The van der Waals surface area contributed by atoms with E-state index in [0.717, 1.165) is 49.7 Å². The first-order chi connectivity index (χ1) is 13.3. The molecule has 0 saturated carbocycles. The van der Waals surface area contributed by atoms with Crippen molar-refractivity contribution in [1.82, 2.24) is 24.8 Å². The number of piperidine rings is 1. The third-order valence-electron chi connectivity index (χ3n) is 4.76. The fraction of sp³-hybridized carbons (Fsp3) is 0.300. The van der Waals surface area contributed by atoms with Crippen molar-refractivity contribution >= 4 is 17.5 Å². The van der Waals surface area contributed by atoms with Crippen LogP contribution < -0.4 is 5.32 Å². The maximum absolute atomic E-state index is 12.5. The standard InChI is InChI=1S/C20H22N6O/c27-20(17-12-21-14-23-17)26-10-4-5-15(13-26)11-16-6-3-8-19(24-16)25-18-7-1-2-9-22-18/h1-3,6-9,12,14-15H,4-5,10-11,13H2,(H,21,23)(H,22,24,25)/t15-/m1/s1. The second kappa shape index (κ2) is 7.99. The van der Waals surface area contributed by atoms with E-state index in [2.05, 4.69) is 20.3 Å². The number of hydrogen-bond donors (Lipinski definition) is 2. The van der Waals surface area contributed by atoms with Crippen molar-refractivity contribution in [2.75, 3.05) is 18.4 Å². The number of aromatic amines is 1. The Balaban J connectivity index is 1.40. The minimum absolute atomic E-state index is 0.0238. The molecule has 3 aromatic heterocycles. The average molecular weight is 362 g/mol. The number of anilines is 2. The number of carbonyl (C=O) groups is 1. The van der Waals surface area contributed by atoms with E-state index in [1.807, 2.05) is 41.3 Å². The summed E-state index contributed by atoms with van der Waals surface area (Å²) >= 11 is 0. The Labute approximate surface area is 157 Å². The van der Waals surface area contributed by atoms with Crippen molar-refractivity contribution in [3.63, 3.8) is 0 Å². The lowest BCUT2D eigenvalue weighted by atomic mass is 9.93. The molecule has 4 heterocycles. The van der Waals surface area contributed by atoms with Crippen LogP contribution in [0, 0.1) is 5.92 Å². The molecule has 1 aliphatic heterocycles. The summed E-state index contributed by atoms with van der Waals surface area (Å²) in [6.45, 7) is 1.54. The number of amides is 1. The molecule has 3 aromatic rings. The van der Waals surface area contributed by atoms with Gasteiger partial charge in [-0.2, -0.15) is 0 Å². The van der Waals surface area contributed by atoms with Crippen LogP contribution in [-0.4, -0.2) is 43.8 Å². The number of imidazole rings is 1. The highest BCUT2D eigenvalue weighted by atomic mass is 16.2. The second-order valence-corrected chi connectivity index (χ2v) is 6.78. The van der Waals surface area contributed by atoms with Crippen molar-refractivity contribution in [2.24, 2.45) is 5.92 Å². The van der Waals surface area contributed by atoms with E-state index in [9.17, 15) is 4.79 Å². The predicted octanol–water partition coefficient (Wildman–Crippen LogP) is 3.04. The summed E-state index contributed by atoms with van der Waals surface area (Å²) in [6.07, 6.45) is 7.84. The summed E-state index contributed by atoms with van der Waals surface area (Å²) < 4.78 is 0. The Bertz CT molecular complexity index is 881. The highest BCUT2D eigenvalue weighted by molar-refractivity contribution is 5.92. The number of hydrogen-bond acceptors (Lipinski definition) is 5. The summed E-state index contributed by atoms with van der Waals surface area (Å²) in [4.78, 5) is 30.3. The fourth-order valence-corrected chi connectivity index (χ4v) is 3.49. The molecule has 4 rings (SSSR count). The quantitative estimate of drug-likeness (QED) is 0.728. The Kier molecular flexibility index (Phi) is 5.09. The smallest absolute Gasteiger partial charge is 0.271 e. The Morgan fingerprint density at radius 1 is 1.22 bits per heavy atom. The van der Waals surface area contributed by atoms with Gasteiger partial charge in [-0.25, -0.2) is 15.0 Å². The number of carbonyl (C=O) groups excluding carboxylic acids is 1. The molecule has 1 atom stereocenters.